The van der Waals surface area contributed by atoms with Gasteiger partial charge in [0, 0.05) is 19.0 Å². The molecular formula is C14H24N2O. The zero-order chi connectivity index (χ0) is 12.1. The Hall–Kier alpha value is -0.830. The van der Waals surface area contributed by atoms with Crippen LogP contribution in [0.25, 0.3) is 0 Å². The summed E-state index contributed by atoms with van der Waals surface area (Å²) in [5.41, 5.74) is 5.61. The maximum atomic E-state index is 12.4. The molecule has 0 saturated carbocycles. The van der Waals surface area contributed by atoms with Crippen LogP contribution < -0.4 is 5.73 Å². The third-order valence-electron chi connectivity index (χ3n) is 4.02. The van der Waals surface area contributed by atoms with E-state index in [4.69, 9.17) is 5.73 Å². The summed E-state index contributed by atoms with van der Waals surface area (Å²) in [6.07, 6.45) is 10.9. The van der Waals surface area contributed by atoms with Crippen molar-refractivity contribution in [2.45, 2.75) is 38.5 Å². The minimum Gasteiger partial charge on any atom is -0.342 e. The lowest BCUT2D eigenvalue weighted by molar-refractivity contribution is -0.137. The molecule has 1 aliphatic carbocycles. The summed E-state index contributed by atoms with van der Waals surface area (Å²) in [6, 6.07) is 0. The van der Waals surface area contributed by atoms with Crippen LogP contribution in [0.4, 0.5) is 0 Å². The van der Waals surface area contributed by atoms with Crippen LogP contribution >= 0.6 is 0 Å². The molecule has 2 unspecified atom stereocenters. The molecule has 1 saturated heterocycles. The van der Waals surface area contributed by atoms with Crippen molar-refractivity contribution >= 4 is 5.91 Å². The summed E-state index contributed by atoms with van der Waals surface area (Å²) in [5.74, 6) is 1.27. The lowest BCUT2D eigenvalue weighted by atomic mass is 9.90. The number of rotatable bonds is 3. The first-order chi connectivity index (χ1) is 8.31. The van der Waals surface area contributed by atoms with Gasteiger partial charge < -0.3 is 10.6 Å². The fraction of sp³-hybridized carbons (Fsp3) is 0.786. The van der Waals surface area contributed by atoms with Gasteiger partial charge in [0.2, 0.25) is 5.91 Å². The number of nitrogens with zero attached hydrogens (tertiary/aromatic N) is 1. The van der Waals surface area contributed by atoms with E-state index in [1.807, 2.05) is 0 Å². The van der Waals surface area contributed by atoms with Crippen LogP contribution in [0.15, 0.2) is 12.2 Å². The van der Waals surface area contributed by atoms with Crippen molar-refractivity contribution in [3.63, 3.8) is 0 Å². The van der Waals surface area contributed by atoms with Crippen molar-refractivity contribution in [2.24, 2.45) is 17.6 Å². The topological polar surface area (TPSA) is 46.3 Å². The van der Waals surface area contributed by atoms with Gasteiger partial charge in [-0.3, -0.25) is 4.79 Å². The normalized spacial score (nSPS) is 29.4. The van der Waals surface area contributed by atoms with Gasteiger partial charge in [0.1, 0.15) is 0 Å². The molecule has 2 aliphatic rings. The molecular weight excluding hydrogens is 212 g/mol. The fourth-order valence-electron chi connectivity index (χ4n) is 3.01. The summed E-state index contributed by atoms with van der Waals surface area (Å²) >= 11 is 0. The second-order valence-electron chi connectivity index (χ2n) is 5.35. The molecule has 1 fully saturated rings. The van der Waals surface area contributed by atoms with Crippen molar-refractivity contribution in [2.75, 3.05) is 19.6 Å². The summed E-state index contributed by atoms with van der Waals surface area (Å²) in [7, 11) is 0. The van der Waals surface area contributed by atoms with Gasteiger partial charge in [0.25, 0.3) is 0 Å². The summed E-state index contributed by atoms with van der Waals surface area (Å²) in [5, 5.41) is 0. The SMILES string of the molecule is NCCC1CCCN(C(=O)C2CC=CCC2)C1. The molecule has 3 nitrogen and oxygen atoms in total. The number of carbonyl (C=O) groups is 1. The first-order valence-electron chi connectivity index (χ1n) is 6.95. The first kappa shape index (κ1) is 12.6. The minimum absolute atomic E-state index is 0.247. The van der Waals surface area contributed by atoms with Crippen LogP contribution in [0.3, 0.4) is 0 Å². The molecule has 2 atom stereocenters. The molecule has 1 aliphatic heterocycles. The quantitative estimate of drug-likeness (QED) is 0.761. The highest BCUT2D eigenvalue weighted by Gasteiger charge is 2.28. The Labute approximate surface area is 104 Å². The molecule has 0 aromatic carbocycles. The van der Waals surface area contributed by atoms with E-state index in [0.717, 1.165) is 51.7 Å². The molecule has 1 amide bonds. The lowest BCUT2D eigenvalue weighted by Gasteiger charge is -2.35. The molecule has 2 rings (SSSR count). The predicted molar refractivity (Wildman–Crippen MR) is 69.5 cm³/mol. The molecule has 3 heteroatoms. The lowest BCUT2D eigenvalue weighted by Crippen LogP contribution is -2.43. The number of piperidine rings is 1. The Balaban J connectivity index is 1.87. The van der Waals surface area contributed by atoms with Crippen molar-refractivity contribution in [1.82, 2.24) is 4.90 Å². The zero-order valence-corrected chi connectivity index (χ0v) is 10.6. The van der Waals surface area contributed by atoms with E-state index >= 15 is 0 Å². The standard InChI is InChI=1S/C14H24N2O/c15-9-8-12-5-4-10-16(11-12)14(17)13-6-2-1-3-7-13/h1-2,12-13H,3-11,15H2. The van der Waals surface area contributed by atoms with Gasteiger partial charge in [0.15, 0.2) is 0 Å². The van der Waals surface area contributed by atoms with Gasteiger partial charge in [-0.05, 0) is 51.0 Å². The molecule has 0 aromatic heterocycles. The first-order valence-corrected chi connectivity index (χ1v) is 6.95. The van der Waals surface area contributed by atoms with E-state index in [1.165, 1.54) is 6.42 Å². The highest BCUT2D eigenvalue weighted by Crippen LogP contribution is 2.25. The number of nitrogens with two attached hydrogens (primary N) is 1. The van der Waals surface area contributed by atoms with Gasteiger partial charge in [-0.1, -0.05) is 12.2 Å². The van der Waals surface area contributed by atoms with Crippen molar-refractivity contribution in [3.05, 3.63) is 12.2 Å². The van der Waals surface area contributed by atoms with Crippen LogP contribution in [0.2, 0.25) is 0 Å². The monoisotopic (exact) mass is 236 g/mol. The average molecular weight is 236 g/mol. The number of amides is 1. The van der Waals surface area contributed by atoms with Crippen LogP contribution in [0, 0.1) is 11.8 Å². The van der Waals surface area contributed by atoms with Gasteiger partial charge >= 0.3 is 0 Å². The number of hydrogen-bond donors (Lipinski definition) is 1. The molecule has 17 heavy (non-hydrogen) atoms. The Morgan fingerprint density at radius 1 is 1.35 bits per heavy atom. The van der Waals surface area contributed by atoms with E-state index in [2.05, 4.69) is 17.1 Å². The second-order valence-corrected chi connectivity index (χ2v) is 5.35. The number of allylic oxidation sites excluding steroid dienone is 2. The summed E-state index contributed by atoms with van der Waals surface area (Å²) < 4.78 is 0. The predicted octanol–water partition coefficient (Wildman–Crippen LogP) is 1.93. The number of hydrogen-bond acceptors (Lipinski definition) is 2. The van der Waals surface area contributed by atoms with E-state index in [9.17, 15) is 4.79 Å². The van der Waals surface area contributed by atoms with Crippen LogP contribution in [-0.2, 0) is 4.79 Å². The summed E-state index contributed by atoms with van der Waals surface area (Å²) in [4.78, 5) is 14.5. The second kappa shape index (κ2) is 6.20. The van der Waals surface area contributed by atoms with E-state index in [0.29, 0.717) is 11.8 Å². The molecule has 96 valence electrons. The van der Waals surface area contributed by atoms with Crippen molar-refractivity contribution in [1.29, 1.82) is 0 Å². The Morgan fingerprint density at radius 2 is 2.24 bits per heavy atom. The molecule has 0 bridgehead atoms. The van der Waals surface area contributed by atoms with Crippen molar-refractivity contribution in [3.8, 4) is 0 Å². The molecule has 0 aromatic rings. The highest BCUT2D eigenvalue weighted by molar-refractivity contribution is 5.79. The molecule has 0 spiro atoms. The largest absolute Gasteiger partial charge is 0.342 e. The van der Waals surface area contributed by atoms with Gasteiger partial charge in [0.05, 0.1) is 0 Å². The molecule has 2 N–H and O–H groups in total. The maximum Gasteiger partial charge on any atom is 0.226 e. The number of likely N-dealkylation sites (tertiary alicyclic amines) is 1. The minimum atomic E-state index is 0.247. The highest BCUT2D eigenvalue weighted by atomic mass is 16.2. The van der Waals surface area contributed by atoms with Crippen LogP contribution in [-0.4, -0.2) is 30.4 Å². The van der Waals surface area contributed by atoms with E-state index in [1.54, 1.807) is 0 Å². The summed E-state index contributed by atoms with van der Waals surface area (Å²) in [6.45, 7) is 2.65. The Morgan fingerprint density at radius 3 is 2.94 bits per heavy atom. The number of carbonyl (C=O) groups excluding carboxylic acids is 1. The smallest absolute Gasteiger partial charge is 0.226 e. The van der Waals surface area contributed by atoms with Crippen molar-refractivity contribution < 1.29 is 4.79 Å². The fourth-order valence-corrected chi connectivity index (χ4v) is 3.01. The van der Waals surface area contributed by atoms with Crippen LogP contribution in [0.1, 0.15) is 38.5 Å². The van der Waals surface area contributed by atoms with Crippen LogP contribution in [0.5, 0.6) is 0 Å². The third-order valence-corrected chi connectivity index (χ3v) is 4.02. The van der Waals surface area contributed by atoms with Gasteiger partial charge in [-0.25, -0.2) is 0 Å². The maximum absolute atomic E-state index is 12.4. The zero-order valence-electron chi connectivity index (χ0n) is 10.6. The molecule has 1 heterocycles. The molecule has 0 radical (unpaired) electrons. The van der Waals surface area contributed by atoms with Gasteiger partial charge in [-0.15, -0.1) is 0 Å². The van der Waals surface area contributed by atoms with Gasteiger partial charge in [-0.2, -0.15) is 0 Å². The third kappa shape index (κ3) is 3.32. The Kier molecular flexibility index (Phi) is 4.60. The van der Waals surface area contributed by atoms with E-state index < -0.39 is 0 Å². The van der Waals surface area contributed by atoms with E-state index in [-0.39, 0.29) is 5.92 Å². The Bertz CT molecular complexity index is 286. The average Bonchev–Trinajstić information content (AvgIpc) is 2.40.